The maximum Gasteiger partial charge on any atom is 0.335 e. The van der Waals surface area contributed by atoms with Gasteiger partial charge in [0.25, 0.3) is 0 Å². The summed E-state index contributed by atoms with van der Waals surface area (Å²) < 4.78 is 11.7. The molecule has 1 aliphatic heterocycles. The molecule has 0 aliphatic carbocycles. The quantitative estimate of drug-likeness (QED) is 0.932. The molecule has 4 nitrogen and oxygen atoms in total. The molecule has 0 aromatic heterocycles. The summed E-state index contributed by atoms with van der Waals surface area (Å²) in [6.45, 7) is 1.44. The molecule has 1 heterocycles. The van der Waals surface area contributed by atoms with E-state index in [1.165, 1.54) is 0 Å². The van der Waals surface area contributed by atoms with Gasteiger partial charge in [0, 0.05) is 12.8 Å². The molecule has 5 heteroatoms. The lowest BCUT2D eigenvalue weighted by Gasteiger charge is -2.23. The monoisotopic (exact) mass is 300 g/mol. The second kappa shape index (κ2) is 5.51. The summed E-state index contributed by atoms with van der Waals surface area (Å²) >= 11 is 3.32. The van der Waals surface area contributed by atoms with Crippen LogP contribution in [0.2, 0.25) is 0 Å². The molecule has 0 saturated carbocycles. The van der Waals surface area contributed by atoms with Crippen molar-refractivity contribution in [2.45, 2.75) is 18.9 Å². The lowest BCUT2D eigenvalue weighted by Crippen LogP contribution is -2.26. The fourth-order valence-electron chi connectivity index (χ4n) is 1.70. The van der Waals surface area contributed by atoms with E-state index in [-0.39, 0.29) is 11.7 Å². The number of hydrogen-bond donors (Lipinski definition) is 1. The van der Waals surface area contributed by atoms with Gasteiger partial charge < -0.3 is 14.6 Å². The maximum absolute atomic E-state index is 10.8. The van der Waals surface area contributed by atoms with Crippen molar-refractivity contribution >= 4 is 21.9 Å². The molecule has 0 radical (unpaired) electrons. The Morgan fingerprint density at radius 1 is 1.41 bits per heavy atom. The molecule has 1 aliphatic rings. The molecule has 1 saturated heterocycles. The van der Waals surface area contributed by atoms with Crippen LogP contribution < -0.4 is 4.74 Å². The lowest BCUT2D eigenvalue weighted by atomic mass is 10.1. The number of carboxylic acids is 1. The molecule has 0 spiro atoms. The number of carbonyl (C=O) groups is 1. The summed E-state index contributed by atoms with van der Waals surface area (Å²) in [7, 11) is 0. The summed E-state index contributed by atoms with van der Waals surface area (Å²) in [5, 5.41) is 8.84. The van der Waals surface area contributed by atoms with E-state index in [0.29, 0.717) is 10.2 Å². The molecule has 1 N–H and O–H groups in total. The number of benzene rings is 1. The van der Waals surface area contributed by atoms with Gasteiger partial charge >= 0.3 is 5.97 Å². The third-order valence-electron chi connectivity index (χ3n) is 2.64. The van der Waals surface area contributed by atoms with Crippen molar-refractivity contribution in [2.75, 3.05) is 13.2 Å². The Bertz CT molecular complexity index is 413. The van der Waals surface area contributed by atoms with Crippen LogP contribution in [0.15, 0.2) is 22.7 Å². The minimum absolute atomic E-state index is 0.149. The molecule has 0 bridgehead atoms. The average Bonchev–Trinajstić information content (AvgIpc) is 2.33. The van der Waals surface area contributed by atoms with Crippen LogP contribution in [0.4, 0.5) is 0 Å². The van der Waals surface area contributed by atoms with Crippen molar-refractivity contribution in [3.63, 3.8) is 0 Å². The van der Waals surface area contributed by atoms with Gasteiger partial charge in [-0.25, -0.2) is 4.79 Å². The number of ether oxygens (including phenoxy) is 2. The Morgan fingerprint density at radius 2 is 2.12 bits per heavy atom. The van der Waals surface area contributed by atoms with Crippen molar-refractivity contribution in [2.24, 2.45) is 0 Å². The van der Waals surface area contributed by atoms with Gasteiger partial charge in [-0.2, -0.15) is 0 Å². The Labute approximate surface area is 108 Å². The second-order valence-corrected chi connectivity index (χ2v) is 4.73. The van der Waals surface area contributed by atoms with E-state index in [4.69, 9.17) is 14.6 Å². The SMILES string of the molecule is O=C(O)c1ccc(OC2CCOCC2)c(Br)c1. The summed E-state index contributed by atoms with van der Waals surface area (Å²) in [6, 6.07) is 4.78. The summed E-state index contributed by atoms with van der Waals surface area (Å²) in [6.07, 6.45) is 1.89. The highest BCUT2D eigenvalue weighted by molar-refractivity contribution is 9.10. The van der Waals surface area contributed by atoms with E-state index in [1.807, 2.05) is 0 Å². The summed E-state index contributed by atoms with van der Waals surface area (Å²) in [5.41, 5.74) is 0.246. The molecule has 2 rings (SSSR count). The first-order chi connectivity index (χ1) is 8.16. The molecular formula is C12H13BrO4. The first-order valence-electron chi connectivity index (χ1n) is 5.44. The van der Waals surface area contributed by atoms with Gasteiger partial charge in [0.1, 0.15) is 11.9 Å². The van der Waals surface area contributed by atoms with Gasteiger partial charge in [-0.3, -0.25) is 0 Å². The van der Waals surface area contributed by atoms with Crippen molar-refractivity contribution in [1.29, 1.82) is 0 Å². The van der Waals surface area contributed by atoms with Crippen LogP contribution in [-0.2, 0) is 4.74 Å². The zero-order valence-electron chi connectivity index (χ0n) is 9.19. The Morgan fingerprint density at radius 3 is 2.71 bits per heavy atom. The largest absolute Gasteiger partial charge is 0.489 e. The Kier molecular flexibility index (Phi) is 4.02. The van der Waals surface area contributed by atoms with Gasteiger partial charge in [0.05, 0.1) is 23.2 Å². The van der Waals surface area contributed by atoms with Gasteiger partial charge in [0.2, 0.25) is 0 Å². The molecule has 0 unspecified atom stereocenters. The predicted octanol–water partition coefficient (Wildman–Crippen LogP) is 2.71. The molecule has 17 heavy (non-hydrogen) atoms. The van der Waals surface area contributed by atoms with Crippen LogP contribution in [0, 0.1) is 0 Å². The van der Waals surface area contributed by atoms with E-state index in [9.17, 15) is 4.79 Å². The smallest absolute Gasteiger partial charge is 0.335 e. The van der Waals surface area contributed by atoms with Crippen LogP contribution in [-0.4, -0.2) is 30.4 Å². The number of carboxylic acid groups (broad SMARTS) is 1. The van der Waals surface area contributed by atoms with Crippen LogP contribution in [0.3, 0.4) is 0 Å². The molecule has 1 aromatic rings. The Balaban J connectivity index is 2.08. The van der Waals surface area contributed by atoms with Crippen LogP contribution in [0.25, 0.3) is 0 Å². The fraction of sp³-hybridized carbons (Fsp3) is 0.417. The van der Waals surface area contributed by atoms with Crippen LogP contribution >= 0.6 is 15.9 Å². The van der Waals surface area contributed by atoms with E-state index in [2.05, 4.69) is 15.9 Å². The normalized spacial score (nSPS) is 16.8. The van der Waals surface area contributed by atoms with E-state index < -0.39 is 5.97 Å². The molecule has 0 amide bonds. The van der Waals surface area contributed by atoms with Crippen molar-refractivity contribution < 1.29 is 19.4 Å². The summed E-state index contributed by atoms with van der Waals surface area (Å²) in [4.78, 5) is 10.8. The maximum atomic E-state index is 10.8. The summed E-state index contributed by atoms with van der Waals surface area (Å²) in [5.74, 6) is -0.259. The third kappa shape index (κ3) is 3.20. The first-order valence-corrected chi connectivity index (χ1v) is 6.23. The molecule has 0 atom stereocenters. The number of hydrogen-bond acceptors (Lipinski definition) is 3. The minimum atomic E-state index is -0.941. The molecular weight excluding hydrogens is 288 g/mol. The van der Waals surface area contributed by atoms with Crippen molar-refractivity contribution in [1.82, 2.24) is 0 Å². The van der Waals surface area contributed by atoms with Gasteiger partial charge in [-0.1, -0.05) is 0 Å². The number of halogens is 1. The van der Waals surface area contributed by atoms with Gasteiger partial charge in [-0.05, 0) is 34.1 Å². The molecule has 92 valence electrons. The molecule has 1 aromatic carbocycles. The van der Waals surface area contributed by atoms with E-state index in [1.54, 1.807) is 18.2 Å². The lowest BCUT2D eigenvalue weighted by molar-refractivity contribution is 0.0252. The zero-order chi connectivity index (χ0) is 12.3. The van der Waals surface area contributed by atoms with E-state index in [0.717, 1.165) is 26.1 Å². The highest BCUT2D eigenvalue weighted by atomic mass is 79.9. The first kappa shape index (κ1) is 12.4. The van der Waals surface area contributed by atoms with Crippen molar-refractivity contribution in [3.8, 4) is 5.75 Å². The van der Waals surface area contributed by atoms with Gasteiger partial charge in [0.15, 0.2) is 0 Å². The topological polar surface area (TPSA) is 55.8 Å². The number of rotatable bonds is 3. The fourth-order valence-corrected chi connectivity index (χ4v) is 2.18. The minimum Gasteiger partial charge on any atom is -0.489 e. The zero-order valence-corrected chi connectivity index (χ0v) is 10.8. The second-order valence-electron chi connectivity index (χ2n) is 3.88. The Hall–Kier alpha value is -1.07. The standard InChI is InChI=1S/C12H13BrO4/c13-10-7-8(12(14)15)1-2-11(10)17-9-3-5-16-6-4-9/h1-2,7,9H,3-6H2,(H,14,15). The number of aromatic carboxylic acids is 1. The van der Waals surface area contributed by atoms with Gasteiger partial charge in [-0.15, -0.1) is 0 Å². The highest BCUT2D eigenvalue weighted by Gasteiger charge is 2.17. The molecule has 1 fully saturated rings. The third-order valence-corrected chi connectivity index (χ3v) is 3.26. The van der Waals surface area contributed by atoms with Crippen LogP contribution in [0.5, 0.6) is 5.75 Å². The average molecular weight is 301 g/mol. The van der Waals surface area contributed by atoms with Crippen LogP contribution in [0.1, 0.15) is 23.2 Å². The highest BCUT2D eigenvalue weighted by Crippen LogP contribution is 2.28. The van der Waals surface area contributed by atoms with E-state index >= 15 is 0 Å². The van der Waals surface area contributed by atoms with Crippen molar-refractivity contribution in [3.05, 3.63) is 28.2 Å². The predicted molar refractivity (Wildman–Crippen MR) is 65.6 cm³/mol.